The van der Waals surface area contributed by atoms with Crippen LogP contribution in [-0.2, 0) is 4.74 Å². The van der Waals surface area contributed by atoms with E-state index in [1.165, 1.54) is 51.5 Å². The van der Waals surface area contributed by atoms with Crippen molar-refractivity contribution in [1.82, 2.24) is 15.5 Å². The van der Waals surface area contributed by atoms with Crippen molar-refractivity contribution >= 4 is 29.9 Å². The Balaban J connectivity index is 0.00000312. The van der Waals surface area contributed by atoms with Crippen LogP contribution in [0.25, 0.3) is 0 Å². The molecule has 0 aromatic carbocycles. The summed E-state index contributed by atoms with van der Waals surface area (Å²) in [4.78, 5) is 7.40. The third-order valence-electron chi connectivity index (χ3n) is 5.63. The van der Waals surface area contributed by atoms with E-state index >= 15 is 0 Å². The average Bonchev–Trinajstić information content (AvgIpc) is 3.10. The van der Waals surface area contributed by atoms with Crippen molar-refractivity contribution in [2.45, 2.75) is 58.8 Å². The molecule has 0 aromatic rings. The lowest BCUT2D eigenvalue weighted by atomic mass is 9.84. The zero-order valence-electron chi connectivity index (χ0n) is 16.3. The van der Waals surface area contributed by atoms with E-state index in [1.54, 1.807) is 0 Å². The van der Waals surface area contributed by atoms with Crippen LogP contribution in [0.5, 0.6) is 0 Å². The summed E-state index contributed by atoms with van der Waals surface area (Å²) in [5.41, 5.74) is 0.471. The minimum Gasteiger partial charge on any atom is -0.379 e. The number of nitrogens with zero attached hydrogens (tertiary/aromatic N) is 2. The molecular formula is C19H39IN4O. The van der Waals surface area contributed by atoms with E-state index in [0.717, 1.165) is 51.9 Å². The van der Waals surface area contributed by atoms with Crippen molar-refractivity contribution in [2.75, 3.05) is 52.5 Å². The number of hydrogen-bond acceptors (Lipinski definition) is 3. The first-order valence-electron chi connectivity index (χ1n) is 10.1. The van der Waals surface area contributed by atoms with E-state index in [4.69, 9.17) is 9.73 Å². The summed E-state index contributed by atoms with van der Waals surface area (Å²) in [7, 11) is 0. The molecule has 1 saturated heterocycles. The number of rotatable bonds is 9. The number of ether oxygens (including phenoxy) is 1. The molecule has 0 aromatic heterocycles. The van der Waals surface area contributed by atoms with E-state index < -0.39 is 0 Å². The highest BCUT2D eigenvalue weighted by Crippen LogP contribution is 2.41. The molecule has 0 radical (unpaired) electrons. The second-order valence-corrected chi connectivity index (χ2v) is 7.34. The second kappa shape index (κ2) is 13.1. The van der Waals surface area contributed by atoms with E-state index in [2.05, 4.69) is 29.4 Å². The first-order valence-corrected chi connectivity index (χ1v) is 10.1. The topological polar surface area (TPSA) is 48.9 Å². The van der Waals surface area contributed by atoms with Crippen molar-refractivity contribution in [1.29, 1.82) is 0 Å². The Morgan fingerprint density at radius 1 is 1.08 bits per heavy atom. The third-order valence-corrected chi connectivity index (χ3v) is 5.63. The summed E-state index contributed by atoms with van der Waals surface area (Å²) < 4.78 is 5.39. The maximum atomic E-state index is 5.39. The first-order chi connectivity index (χ1) is 11.8. The average molecular weight is 466 g/mol. The molecule has 5 nitrogen and oxygen atoms in total. The Labute approximate surface area is 171 Å². The number of halogens is 1. The van der Waals surface area contributed by atoms with Gasteiger partial charge in [0.05, 0.1) is 13.2 Å². The van der Waals surface area contributed by atoms with Crippen LogP contribution in [0.1, 0.15) is 58.8 Å². The van der Waals surface area contributed by atoms with Crippen LogP contribution in [0.2, 0.25) is 0 Å². The molecule has 25 heavy (non-hydrogen) atoms. The van der Waals surface area contributed by atoms with Crippen molar-refractivity contribution in [3.8, 4) is 0 Å². The van der Waals surface area contributed by atoms with Gasteiger partial charge in [0.2, 0.25) is 0 Å². The van der Waals surface area contributed by atoms with Gasteiger partial charge in [-0.05, 0) is 51.0 Å². The largest absolute Gasteiger partial charge is 0.379 e. The Morgan fingerprint density at radius 2 is 1.80 bits per heavy atom. The minimum absolute atomic E-state index is 0. The Kier molecular flexibility index (Phi) is 12.1. The molecule has 6 heteroatoms. The first kappa shape index (κ1) is 23.0. The molecule has 1 aliphatic carbocycles. The molecule has 2 N–H and O–H groups in total. The quantitative estimate of drug-likeness (QED) is 0.237. The van der Waals surface area contributed by atoms with E-state index in [0.29, 0.717) is 5.41 Å². The fourth-order valence-electron chi connectivity index (χ4n) is 3.83. The lowest BCUT2D eigenvalue weighted by molar-refractivity contribution is 0.0372. The van der Waals surface area contributed by atoms with Crippen LogP contribution in [0.3, 0.4) is 0 Å². The fourth-order valence-corrected chi connectivity index (χ4v) is 3.83. The van der Waals surface area contributed by atoms with Crippen molar-refractivity contribution in [3.63, 3.8) is 0 Å². The van der Waals surface area contributed by atoms with Crippen LogP contribution in [0.4, 0.5) is 0 Å². The van der Waals surface area contributed by atoms with Gasteiger partial charge in [-0.25, -0.2) is 0 Å². The SMILES string of the molecule is CCNC(=NCC1(CC)CCCC1)NCCCCN1CCOCC1.I. The third kappa shape index (κ3) is 8.43. The second-order valence-electron chi connectivity index (χ2n) is 7.34. The summed E-state index contributed by atoms with van der Waals surface area (Å²) in [5.74, 6) is 1.00. The Bertz CT molecular complexity index is 366. The number of unbranched alkanes of at least 4 members (excludes halogenated alkanes) is 1. The lowest BCUT2D eigenvalue weighted by Crippen LogP contribution is -2.39. The standard InChI is InChI=1S/C19H38N4O.HI/c1-3-19(9-5-6-10-19)17-22-18(20-4-2)21-11-7-8-12-23-13-15-24-16-14-23;/h3-17H2,1-2H3,(H2,20,21,22);1H. The van der Waals surface area contributed by atoms with Gasteiger partial charge in [0, 0.05) is 32.7 Å². The van der Waals surface area contributed by atoms with Gasteiger partial charge in [0.25, 0.3) is 0 Å². The summed E-state index contributed by atoms with van der Waals surface area (Å²) in [6, 6.07) is 0. The summed E-state index contributed by atoms with van der Waals surface area (Å²) in [5, 5.41) is 6.92. The molecule has 0 unspecified atom stereocenters. The van der Waals surface area contributed by atoms with Gasteiger partial charge in [-0.2, -0.15) is 0 Å². The predicted molar refractivity (Wildman–Crippen MR) is 117 cm³/mol. The highest BCUT2D eigenvalue weighted by molar-refractivity contribution is 14.0. The molecule has 1 heterocycles. The van der Waals surface area contributed by atoms with Crippen molar-refractivity contribution in [2.24, 2.45) is 10.4 Å². The van der Waals surface area contributed by atoms with Crippen LogP contribution in [-0.4, -0.2) is 63.3 Å². The molecular weight excluding hydrogens is 427 g/mol. The van der Waals surface area contributed by atoms with Crippen LogP contribution >= 0.6 is 24.0 Å². The molecule has 1 aliphatic heterocycles. The van der Waals surface area contributed by atoms with Crippen LogP contribution in [0, 0.1) is 5.41 Å². The predicted octanol–water partition coefficient (Wildman–Crippen LogP) is 3.24. The molecule has 0 amide bonds. The van der Waals surface area contributed by atoms with Crippen molar-refractivity contribution < 1.29 is 4.74 Å². The van der Waals surface area contributed by atoms with Gasteiger partial charge in [0.1, 0.15) is 0 Å². The zero-order valence-corrected chi connectivity index (χ0v) is 18.6. The summed E-state index contributed by atoms with van der Waals surface area (Å²) in [6.07, 6.45) is 9.17. The highest BCUT2D eigenvalue weighted by atomic mass is 127. The number of nitrogens with one attached hydrogen (secondary N) is 2. The van der Waals surface area contributed by atoms with Crippen LogP contribution in [0.15, 0.2) is 4.99 Å². The van der Waals surface area contributed by atoms with Gasteiger partial charge in [-0.3, -0.25) is 9.89 Å². The van der Waals surface area contributed by atoms with Crippen LogP contribution < -0.4 is 10.6 Å². The number of hydrogen-bond donors (Lipinski definition) is 2. The van der Waals surface area contributed by atoms with E-state index in [9.17, 15) is 0 Å². The smallest absolute Gasteiger partial charge is 0.191 e. The van der Waals surface area contributed by atoms with Gasteiger partial charge in [-0.1, -0.05) is 19.8 Å². The van der Waals surface area contributed by atoms with Gasteiger partial charge >= 0.3 is 0 Å². The number of morpholine rings is 1. The summed E-state index contributed by atoms with van der Waals surface area (Å²) >= 11 is 0. The Morgan fingerprint density at radius 3 is 2.44 bits per heavy atom. The molecule has 2 rings (SSSR count). The highest BCUT2D eigenvalue weighted by Gasteiger charge is 2.31. The van der Waals surface area contributed by atoms with Gasteiger partial charge in [0.15, 0.2) is 5.96 Å². The monoisotopic (exact) mass is 466 g/mol. The molecule has 2 fully saturated rings. The molecule has 0 spiro atoms. The van der Waals surface area contributed by atoms with E-state index in [1.807, 2.05) is 0 Å². The normalized spacial score (nSPS) is 21.0. The number of aliphatic imine (C=N–C) groups is 1. The van der Waals surface area contributed by atoms with Gasteiger partial charge in [-0.15, -0.1) is 24.0 Å². The van der Waals surface area contributed by atoms with Crippen molar-refractivity contribution in [3.05, 3.63) is 0 Å². The zero-order chi connectivity index (χ0) is 17.1. The molecule has 148 valence electrons. The molecule has 1 saturated carbocycles. The maximum Gasteiger partial charge on any atom is 0.191 e. The summed E-state index contributed by atoms with van der Waals surface area (Å²) in [6.45, 7) is 12.6. The maximum absolute atomic E-state index is 5.39. The molecule has 0 bridgehead atoms. The molecule has 0 atom stereocenters. The molecule has 2 aliphatic rings. The van der Waals surface area contributed by atoms with Gasteiger partial charge < -0.3 is 15.4 Å². The minimum atomic E-state index is 0. The number of guanidine groups is 1. The lowest BCUT2D eigenvalue weighted by Gasteiger charge is -2.26. The Hall–Kier alpha value is -0.0800. The fraction of sp³-hybridized carbons (Fsp3) is 0.947. The van der Waals surface area contributed by atoms with E-state index in [-0.39, 0.29) is 24.0 Å².